The molecule has 0 bridgehead atoms. The van der Waals surface area contributed by atoms with E-state index in [2.05, 4.69) is 5.32 Å². The van der Waals surface area contributed by atoms with Crippen molar-refractivity contribution in [2.75, 3.05) is 7.11 Å². The van der Waals surface area contributed by atoms with E-state index in [1.54, 1.807) is 11.7 Å². The molecule has 2 N–H and O–H groups in total. The molecular formula is C26H28ClFN2O4. The molecule has 0 fully saturated rings. The fourth-order valence-electron chi connectivity index (χ4n) is 4.96. The molecule has 2 unspecified atom stereocenters. The van der Waals surface area contributed by atoms with E-state index >= 15 is 0 Å². The van der Waals surface area contributed by atoms with Gasteiger partial charge in [0.05, 0.1) is 17.6 Å². The molecule has 3 aromatic rings. The molecule has 0 radical (unpaired) electrons. The molecule has 0 saturated heterocycles. The number of aromatic nitrogens is 1. The van der Waals surface area contributed by atoms with Gasteiger partial charge >= 0.3 is 5.97 Å². The summed E-state index contributed by atoms with van der Waals surface area (Å²) in [6.07, 6.45) is 3.06. The van der Waals surface area contributed by atoms with E-state index in [9.17, 15) is 19.1 Å². The van der Waals surface area contributed by atoms with Crippen LogP contribution in [-0.4, -0.2) is 34.7 Å². The molecule has 2 aromatic carbocycles. The fraction of sp³-hybridized carbons (Fsp3) is 0.385. The summed E-state index contributed by atoms with van der Waals surface area (Å²) >= 11 is 6.40. The zero-order valence-electron chi connectivity index (χ0n) is 19.2. The van der Waals surface area contributed by atoms with Crippen molar-refractivity contribution in [1.82, 2.24) is 9.88 Å². The maximum atomic E-state index is 14.3. The third-order valence-corrected chi connectivity index (χ3v) is 6.83. The monoisotopic (exact) mass is 486 g/mol. The average Bonchev–Trinajstić information content (AvgIpc) is 3.12. The maximum Gasteiger partial charge on any atom is 0.326 e. The van der Waals surface area contributed by atoms with E-state index in [0.29, 0.717) is 49.4 Å². The SMILES string of the molecule is CCC(C(=O)O)n1c2c(c3cc(F)cc(Cl)c31)CC(NC(=O)CCc1cccc(OC)c1)CC2. The van der Waals surface area contributed by atoms with Crippen molar-refractivity contribution in [3.8, 4) is 5.75 Å². The number of hydrogen-bond donors (Lipinski definition) is 2. The molecule has 2 atom stereocenters. The molecule has 0 spiro atoms. The van der Waals surface area contributed by atoms with Crippen LogP contribution in [0.3, 0.4) is 0 Å². The van der Waals surface area contributed by atoms with Crippen LogP contribution >= 0.6 is 11.6 Å². The lowest BCUT2D eigenvalue weighted by Gasteiger charge is -2.26. The zero-order valence-corrected chi connectivity index (χ0v) is 20.0. The number of carboxylic acid groups (broad SMARTS) is 1. The molecule has 1 amide bonds. The lowest BCUT2D eigenvalue weighted by atomic mass is 9.91. The maximum absolute atomic E-state index is 14.3. The molecule has 0 aliphatic heterocycles. The van der Waals surface area contributed by atoms with Gasteiger partial charge in [0, 0.05) is 23.5 Å². The van der Waals surface area contributed by atoms with Crippen LogP contribution in [0.25, 0.3) is 10.9 Å². The highest BCUT2D eigenvalue weighted by atomic mass is 35.5. The number of aryl methyl sites for hydroxylation is 1. The third-order valence-electron chi connectivity index (χ3n) is 6.54. The van der Waals surface area contributed by atoms with Crippen LogP contribution < -0.4 is 10.1 Å². The molecule has 8 heteroatoms. The molecular weight excluding hydrogens is 459 g/mol. The number of rotatable bonds is 8. The Balaban J connectivity index is 1.56. The predicted molar refractivity (Wildman–Crippen MR) is 129 cm³/mol. The van der Waals surface area contributed by atoms with Crippen molar-refractivity contribution in [2.24, 2.45) is 0 Å². The number of carboxylic acids is 1. The first-order chi connectivity index (χ1) is 16.3. The van der Waals surface area contributed by atoms with E-state index in [4.69, 9.17) is 16.3 Å². The normalized spacial score (nSPS) is 16.2. The highest BCUT2D eigenvalue weighted by Crippen LogP contribution is 2.39. The van der Waals surface area contributed by atoms with Gasteiger partial charge in [-0.2, -0.15) is 0 Å². The lowest BCUT2D eigenvalue weighted by Crippen LogP contribution is -2.39. The first kappa shape index (κ1) is 24.1. The molecule has 34 heavy (non-hydrogen) atoms. The standard InChI is InChI=1S/C26H28ClFN2O4/c1-3-22(26(32)33)30-23-9-8-17(14-19(23)20-12-16(28)13-21(27)25(20)30)29-24(31)10-7-15-5-4-6-18(11-15)34-2/h4-6,11-13,17,22H,3,7-10,14H2,1-2H3,(H,29,31)(H,32,33). The number of nitrogens with one attached hydrogen (secondary N) is 1. The minimum atomic E-state index is -0.949. The summed E-state index contributed by atoms with van der Waals surface area (Å²) in [5.74, 6) is -0.714. The Morgan fingerprint density at radius 2 is 2.12 bits per heavy atom. The average molecular weight is 487 g/mol. The van der Waals surface area contributed by atoms with Crippen molar-refractivity contribution in [3.63, 3.8) is 0 Å². The van der Waals surface area contributed by atoms with E-state index in [-0.39, 0.29) is 17.0 Å². The highest BCUT2D eigenvalue weighted by Gasteiger charge is 2.32. The number of halogens is 2. The van der Waals surface area contributed by atoms with Gasteiger partial charge in [0.2, 0.25) is 5.91 Å². The number of ether oxygens (including phenoxy) is 1. The van der Waals surface area contributed by atoms with Crippen LogP contribution in [0.2, 0.25) is 5.02 Å². The number of nitrogens with zero attached hydrogens (tertiary/aromatic N) is 1. The Kier molecular flexibility index (Phi) is 7.12. The molecule has 180 valence electrons. The van der Waals surface area contributed by atoms with Crippen molar-refractivity contribution in [1.29, 1.82) is 0 Å². The number of hydrogen-bond acceptors (Lipinski definition) is 3. The summed E-state index contributed by atoms with van der Waals surface area (Å²) < 4.78 is 21.2. The first-order valence-electron chi connectivity index (χ1n) is 11.5. The van der Waals surface area contributed by atoms with Gasteiger partial charge in [0.15, 0.2) is 0 Å². The predicted octanol–water partition coefficient (Wildman–Crippen LogP) is 5.08. The number of amides is 1. The molecule has 1 aliphatic carbocycles. The highest BCUT2D eigenvalue weighted by molar-refractivity contribution is 6.35. The zero-order chi connectivity index (χ0) is 24.4. The summed E-state index contributed by atoms with van der Waals surface area (Å²) in [4.78, 5) is 24.6. The Hall–Kier alpha value is -3.06. The van der Waals surface area contributed by atoms with E-state index in [0.717, 1.165) is 22.6 Å². The molecule has 1 aromatic heterocycles. The van der Waals surface area contributed by atoms with Gasteiger partial charge in [0.1, 0.15) is 17.6 Å². The van der Waals surface area contributed by atoms with Gasteiger partial charge in [-0.3, -0.25) is 4.79 Å². The van der Waals surface area contributed by atoms with Crippen LogP contribution in [0.15, 0.2) is 36.4 Å². The summed E-state index contributed by atoms with van der Waals surface area (Å²) in [6.45, 7) is 1.81. The topological polar surface area (TPSA) is 80.6 Å². The van der Waals surface area contributed by atoms with Gasteiger partial charge in [-0.25, -0.2) is 9.18 Å². The molecule has 1 heterocycles. The minimum absolute atomic E-state index is 0.0545. The quantitative estimate of drug-likeness (QED) is 0.465. The molecule has 6 nitrogen and oxygen atoms in total. The van der Waals surface area contributed by atoms with Gasteiger partial charge in [0.25, 0.3) is 0 Å². The second-order valence-electron chi connectivity index (χ2n) is 8.70. The second-order valence-corrected chi connectivity index (χ2v) is 9.11. The van der Waals surface area contributed by atoms with Crippen LogP contribution in [0, 0.1) is 5.82 Å². The summed E-state index contributed by atoms with van der Waals surface area (Å²) in [6, 6.07) is 9.37. The minimum Gasteiger partial charge on any atom is -0.497 e. The summed E-state index contributed by atoms with van der Waals surface area (Å²) in [7, 11) is 1.61. The Morgan fingerprint density at radius 1 is 1.32 bits per heavy atom. The van der Waals surface area contributed by atoms with Crippen LogP contribution in [0.4, 0.5) is 4.39 Å². The van der Waals surface area contributed by atoms with E-state index in [1.807, 2.05) is 31.2 Å². The molecule has 4 rings (SSSR count). The van der Waals surface area contributed by atoms with E-state index < -0.39 is 17.8 Å². The van der Waals surface area contributed by atoms with Crippen LogP contribution in [-0.2, 0) is 28.9 Å². The summed E-state index contributed by atoms with van der Waals surface area (Å²) in [5, 5.41) is 13.7. The van der Waals surface area contributed by atoms with Crippen molar-refractivity contribution in [3.05, 3.63) is 64.1 Å². The number of fused-ring (bicyclic) bond motifs is 3. The smallest absolute Gasteiger partial charge is 0.326 e. The Morgan fingerprint density at radius 3 is 2.82 bits per heavy atom. The van der Waals surface area contributed by atoms with Crippen molar-refractivity contribution >= 4 is 34.4 Å². The van der Waals surface area contributed by atoms with Gasteiger partial charge < -0.3 is 19.7 Å². The number of aliphatic carboxylic acids is 1. The second kappa shape index (κ2) is 10.1. The van der Waals surface area contributed by atoms with Crippen LogP contribution in [0.5, 0.6) is 5.75 Å². The first-order valence-corrected chi connectivity index (χ1v) is 11.9. The fourth-order valence-corrected chi connectivity index (χ4v) is 5.25. The van der Waals surface area contributed by atoms with Crippen LogP contribution in [0.1, 0.15) is 49.0 Å². The largest absolute Gasteiger partial charge is 0.497 e. The molecule has 0 saturated carbocycles. The summed E-state index contributed by atoms with van der Waals surface area (Å²) in [5.41, 5.74) is 3.29. The van der Waals surface area contributed by atoms with Crippen molar-refractivity contribution in [2.45, 2.75) is 57.5 Å². The number of benzene rings is 2. The number of carbonyl (C=O) groups excluding carboxylic acids is 1. The van der Waals surface area contributed by atoms with Gasteiger partial charge in [-0.15, -0.1) is 0 Å². The van der Waals surface area contributed by atoms with E-state index in [1.165, 1.54) is 12.1 Å². The number of methoxy groups -OCH3 is 1. The Labute approximate surface area is 202 Å². The lowest BCUT2D eigenvalue weighted by molar-refractivity contribution is -0.141. The van der Waals surface area contributed by atoms with Crippen molar-refractivity contribution < 1.29 is 23.8 Å². The third kappa shape index (κ3) is 4.75. The Bertz CT molecular complexity index is 1240. The number of carbonyl (C=O) groups is 2. The molecule has 1 aliphatic rings. The van der Waals surface area contributed by atoms with Gasteiger partial charge in [-0.1, -0.05) is 30.7 Å². The van der Waals surface area contributed by atoms with Gasteiger partial charge in [-0.05, 0) is 67.5 Å².